The van der Waals surface area contributed by atoms with Crippen LogP contribution in [0, 0.1) is 5.82 Å². The predicted molar refractivity (Wildman–Crippen MR) is 82.8 cm³/mol. The summed E-state index contributed by atoms with van der Waals surface area (Å²) >= 11 is 4.77. The molecule has 0 saturated carbocycles. The van der Waals surface area contributed by atoms with Crippen molar-refractivity contribution >= 4 is 28.8 Å². The number of carbonyl (C=O) groups is 1. The monoisotopic (exact) mass is 306 g/mol. The van der Waals surface area contributed by atoms with Gasteiger partial charge in [0.25, 0.3) is 5.91 Å². The van der Waals surface area contributed by atoms with E-state index in [1.165, 1.54) is 18.2 Å². The molecule has 110 valence electrons. The molecule has 1 aromatic heterocycles. The maximum atomic E-state index is 13.5. The maximum Gasteiger partial charge on any atom is 0.259 e. The number of nitrogens with two attached hydrogens (primary N) is 1. The van der Waals surface area contributed by atoms with E-state index in [0.717, 1.165) is 0 Å². The average Bonchev–Trinajstić information content (AvgIpc) is 2.82. The Kier molecular flexibility index (Phi) is 4.32. The normalized spacial score (nSPS) is 10.4. The number of rotatable bonds is 4. The molecular formula is C14H15FN4OS. The van der Waals surface area contributed by atoms with Gasteiger partial charge in [-0.15, -0.1) is 0 Å². The van der Waals surface area contributed by atoms with E-state index in [1.807, 2.05) is 6.92 Å². The fraction of sp³-hybridized carbons (Fsp3) is 0.214. The van der Waals surface area contributed by atoms with Crippen LogP contribution in [0.3, 0.4) is 0 Å². The number of hydrogen-bond acceptors (Lipinski definition) is 3. The molecule has 0 atom stereocenters. The highest BCUT2D eigenvalue weighted by atomic mass is 32.1. The Morgan fingerprint density at radius 1 is 1.48 bits per heavy atom. The predicted octanol–water partition coefficient (Wildman–Crippen LogP) is 2.01. The Labute approximate surface area is 126 Å². The van der Waals surface area contributed by atoms with Crippen molar-refractivity contribution in [2.45, 2.75) is 13.3 Å². The molecule has 3 N–H and O–H groups in total. The van der Waals surface area contributed by atoms with Crippen LogP contribution in [0.25, 0.3) is 0 Å². The molecule has 0 bridgehead atoms. The molecule has 1 amide bonds. The first-order valence-electron chi connectivity index (χ1n) is 6.35. The molecule has 5 nitrogen and oxygen atoms in total. The highest BCUT2D eigenvalue weighted by Gasteiger charge is 2.15. The molecule has 2 rings (SSSR count). The first-order valence-corrected chi connectivity index (χ1v) is 6.76. The number of thiocarbonyl (C=S) groups is 1. The molecule has 1 heterocycles. The molecule has 0 aliphatic heterocycles. The van der Waals surface area contributed by atoms with Crippen molar-refractivity contribution in [3.05, 3.63) is 47.0 Å². The molecule has 21 heavy (non-hydrogen) atoms. The third kappa shape index (κ3) is 3.25. The topological polar surface area (TPSA) is 72.9 Å². The van der Waals surface area contributed by atoms with E-state index in [-0.39, 0.29) is 16.5 Å². The minimum absolute atomic E-state index is 0.0563. The van der Waals surface area contributed by atoms with Gasteiger partial charge in [0.2, 0.25) is 0 Å². The van der Waals surface area contributed by atoms with Gasteiger partial charge in [0.1, 0.15) is 10.8 Å². The zero-order valence-corrected chi connectivity index (χ0v) is 12.5. The average molecular weight is 306 g/mol. The Balaban J connectivity index is 2.27. The van der Waals surface area contributed by atoms with Gasteiger partial charge in [-0.1, -0.05) is 19.1 Å². The maximum absolute atomic E-state index is 13.5. The number of aryl methyl sites for hydroxylation is 2. The number of nitrogens with one attached hydrogen (secondary N) is 1. The molecule has 7 heteroatoms. The fourth-order valence-corrected chi connectivity index (χ4v) is 2.13. The standard InChI is InChI=1S/C14H15FN4OS/c1-3-12-10(7-19(2)18-12)14(20)17-8-4-5-11(15)9(6-8)13(16)21/h4-7H,3H2,1-2H3,(H2,16,21)(H,17,20). The highest BCUT2D eigenvalue weighted by Crippen LogP contribution is 2.17. The Bertz CT molecular complexity index is 711. The van der Waals surface area contributed by atoms with Gasteiger partial charge in [-0.25, -0.2) is 4.39 Å². The van der Waals surface area contributed by atoms with E-state index < -0.39 is 5.82 Å². The summed E-state index contributed by atoms with van der Waals surface area (Å²) in [6.07, 6.45) is 2.29. The van der Waals surface area contributed by atoms with Gasteiger partial charge in [-0.3, -0.25) is 9.48 Å². The quantitative estimate of drug-likeness (QED) is 0.848. The summed E-state index contributed by atoms with van der Waals surface area (Å²) in [6.45, 7) is 1.92. The van der Waals surface area contributed by atoms with Crippen LogP contribution < -0.4 is 11.1 Å². The Morgan fingerprint density at radius 2 is 2.19 bits per heavy atom. The van der Waals surface area contributed by atoms with Gasteiger partial charge < -0.3 is 11.1 Å². The van der Waals surface area contributed by atoms with Gasteiger partial charge in [-0.05, 0) is 24.6 Å². The van der Waals surface area contributed by atoms with Crippen LogP contribution in [0.5, 0.6) is 0 Å². The molecule has 0 fully saturated rings. The van der Waals surface area contributed by atoms with Gasteiger partial charge >= 0.3 is 0 Å². The molecule has 0 spiro atoms. The number of anilines is 1. The van der Waals surface area contributed by atoms with E-state index >= 15 is 0 Å². The molecule has 0 radical (unpaired) electrons. The van der Waals surface area contributed by atoms with Gasteiger partial charge in [-0.2, -0.15) is 5.10 Å². The van der Waals surface area contributed by atoms with Crippen LogP contribution in [0.2, 0.25) is 0 Å². The van der Waals surface area contributed by atoms with Crippen LogP contribution in [0.4, 0.5) is 10.1 Å². The van der Waals surface area contributed by atoms with Crippen molar-refractivity contribution in [2.75, 3.05) is 5.32 Å². The van der Waals surface area contributed by atoms with Crippen LogP contribution in [-0.4, -0.2) is 20.7 Å². The summed E-state index contributed by atoms with van der Waals surface area (Å²) in [5, 5.41) is 6.90. The first kappa shape index (κ1) is 15.1. The third-order valence-corrected chi connectivity index (χ3v) is 3.19. The highest BCUT2D eigenvalue weighted by molar-refractivity contribution is 7.80. The second-order valence-corrected chi connectivity index (χ2v) is 4.97. The number of aromatic nitrogens is 2. The van der Waals surface area contributed by atoms with Crippen molar-refractivity contribution in [3.8, 4) is 0 Å². The second kappa shape index (κ2) is 6.01. The first-order chi connectivity index (χ1) is 9.92. The molecule has 0 aliphatic rings. The van der Waals surface area contributed by atoms with E-state index in [1.54, 1.807) is 17.9 Å². The SMILES string of the molecule is CCc1nn(C)cc1C(=O)Nc1ccc(F)c(C(N)=S)c1. The van der Waals surface area contributed by atoms with Crippen molar-refractivity contribution in [1.29, 1.82) is 0 Å². The Morgan fingerprint density at radius 3 is 2.81 bits per heavy atom. The van der Waals surface area contributed by atoms with E-state index in [9.17, 15) is 9.18 Å². The number of amides is 1. The number of halogens is 1. The number of carbonyl (C=O) groups excluding carboxylic acids is 1. The van der Waals surface area contributed by atoms with Crippen LogP contribution in [-0.2, 0) is 13.5 Å². The van der Waals surface area contributed by atoms with Crippen molar-refractivity contribution in [1.82, 2.24) is 9.78 Å². The third-order valence-electron chi connectivity index (χ3n) is 2.97. The van der Waals surface area contributed by atoms with E-state index in [2.05, 4.69) is 10.4 Å². The van der Waals surface area contributed by atoms with E-state index in [0.29, 0.717) is 23.4 Å². The number of nitrogens with zero attached hydrogens (tertiary/aromatic N) is 2. The molecule has 1 aromatic carbocycles. The summed E-state index contributed by atoms with van der Waals surface area (Å²) in [5.41, 5.74) is 7.16. The molecular weight excluding hydrogens is 291 g/mol. The molecule has 0 saturated heterocycles. The lowest BCUT2D eigenvalue weighted by Crippen LogP contribution is -2.15. The smallest absolute Gasteiger partial charge is 0.259 e. The zero-order chi connectivity index (χ0) is 15.6. The van der Waals surface area contributed by atoms with Crippen LogP contribution in [0.15, 0.2) is 24.4 Å². The summed E-state index contributed by atoms with van der Waals surface area (Å²) < 4.78 is 15.1. The van der Waals surface area contributed by atoms with Gasteiger partial charge in [0.15, 0.2) is 0 Å². The summed E-state index contributed by atoms with van der Waals surface area (Å²) in [6, 6.07) is 4.09. The number of hydrogen-bond donors (Lipinski definition) is 2. The van der Waals surface area contributed by atoms with Gasteiger partial charge in [0.05, 0.1) is 11.3 Å². The van der Waals surface area contributed by atoms with Gasteiger partial charge in [0, 0.05) is 24.5 Å². The molecule has 2 aromatic rings. The summed E-state index contributed by atoms with van der Waals surface area (Å²) in [7, 11) is 1.75. The van der Waals surface area contributed by atoms with E-state index in [4.69, 9.17) is 18.0 Å². The largest absolute Gasteiger partial charge is 0.389 e. The molecule has 0 aliphatic carbocycles. The fourth-order valence-electron chi connectivity index (χ4n) is 1.98. The summed E-state index contributed by atoms with van der Waals surface area (Å²) in [4.78, 5) is 12.2. The zero-order valence-electron chi connectivity index (χ0n) is 11.7. The van der Waals surface area contributed by atoms with Crippen molar-refractivity contribution in [3.63, 3.8) is 0 Å². The number of benzene rings is 1. The van der Waals surface area contributed by atoms with Crippen molar-refractivity contribution in [2.24, 2.45) is 12.8 Å². The van der Waals surface area contributed by atoms with Crippen LogP contribution in [0.1, 0.15) is 28.5 Å². The minimum atomic E-state index is -0.517. The van der Waals surface area contributed by atoms with Crippen molar-refractivity contribution < 1.29 is 9.18 Å². The second-order valence-electron chi connectivity index (χ2n) is 4.53. The Hall–Kier alpha value is -2.28. The van der Waals surface area contributed by atoms with Crippen LogP contribution >= 0.6 is 12.2 Å². The lowest BCUT2D eigenvalue weighted by Gasteiger charge is -2.07. The lowest BCUT2D eigenvalue weighted by atomic mass is 10.1. The minimum Gasteiger partial charge on any atom is -0.389 e. The molecule has 0 unspecified atom stereocenters. The lowest BCUT2D eigenvalue weighted by molar-refractivity contribution is 0.102. The summed E-state index contributed by atoms with van der Waals surface area (Å²) in [5.74, 6) is -0.823.